The van der Waals surface area contributed by atoms with E-state index in [1.54, 1.807) is 41.6 Å². The quantitative estimate of drug-likeness (QED) is 0.739. The summed E-state index contributed by atoms with van der Waals surface area (Å²) < 4.78 is 0. The molecule has 1 aromatic carbocycles. The Labute approximate surface area is 188 Å². The molecule has 0 unspecified atom stereocenters. The van der Waals surface area contributed by atoms with Crippen molar-refractivity contribution >= 4 is 23.4 Å². The highest BCUT2D eigenvalue weighted by molar-refractivity contribution is 6.30. The number of carbonyl (C=O) groups is 2. The number of halogens is 1. The fourth-order valence-electron chi connectivity index (χ4n) is 4.21. The van der Waals surface area contributed by atoms with E-state index in [0.29, 0.717) is 30.1 Å². The molecule has 0 aliphatic carbocycles. The molecule has 1 fully saturated rings. The van der Waals surface area contributed by atoms with Crippen LogP contribution in [0.1, 0.15) is 50.0 Å². The molecule has 0 spiro atoms. The SMILES string of the molecule is CC(C)[C@@H](NC(=O)c1ccncc1)C(=O)N1CC[C@](O)(c2ccc(Cl)cc2)C(C)(C)C1. The summed E-state index contributed by atoms with van der Waals surface area (Å²) in [6.45, 7) is 8.51. The van der Waals surface area contributed by atoms with E-state index in [1.165, 1.54) is 0 Å². The highest BCUT2D eigenvalue weighted by Crippen LogP contribution is 2.46. The van der Waals surface area contributed by atoms with Gasteiger partial charge >= 0.3 is 0 Å². The number of piperidine rings is 1. The van der Waals surface area contributed by atoms with Crippen LogP contribution < -0.4 is 5.32 Å². The maximum absolute atomic E-state index is 13.4. The van der Waals surface area contributed by atoms with E-state index in [1.807, 2.05) is 39.8 Å². The molecule has 1 aliphatic heterocycles. The molecule has 0 bridgehead atoms. The maximum Gasteiger partial charge on any atom is 0.252 e. The van der Waals surface area contributed by atoms with Crippen molar-refractivity contribution in [1.29, 1.82) is 0 Å². The first-order valence-electron chi connectivity index (χ1n) is 10.5. The number of hydrogen-bond donors (Lipinski definition) is 2. The first kappa shape index (κ1) is 23.2. The Hall–Kier alpha value is -2.44. The van der Waals surface area contributed by atoms with Gasteiger partial charge in [0.1, 0.15) is 6.04 Å². The van der Waals surface area contributed by atoms with Gasteiger partial charge in [-0.3, -0.25) is 14.6 Å². The number of hydrogen-bond acceptors (Lipinski definition) is 4. The van der Waals surface area contributed by atoms with Crippen molar-refractivity contribution in [2.45, 2.75) is 45.8 Å². The normalized spacial score (nSPS) is 21.6. The zero-order valence-electron chi connectivity index (χ0n) is 18.4. The molecule has 2 amide bonds. The minimum atomic E-state index is -1.08. The van der Waals surface area contributed by atoms with Gasteiger partial charge < -0.3 is 15.3 Å². The second-order valence-electron chi connectivity index (χ2n) is 9.19. The summed E-state index contributed by atoms with van der Waals surface area (Å²) in [6, 6.07) is 9.80. The zero-order chi connectivity index (χ0) is 22.8. The molecule has 0 radical (unpaired) electrons. The first-order valence-corrected chi connectivity index (χ1v) is 10.9. The highest BCUT2D eigenvalue weighted by Gasteiger charge is 2.50. The molecule has 2 aromatic rings. The molecule has 1 aliphatic rings. The van der Waals surface area contributed by atoms with Gasteiger partial charge in [0, 0.05) is 41.5 Å². The number of nitrogens with one attached hydrogen (secondary N) is 1. The molecule has 2 atom stereocenters. The number of pyridine rings is 1. The van der Waals surface area contributed by atoms with Crippen molar-refractivity contribution in [3.05, 3.63) is 64.9 Å². The Morgan fingerprint density at radius 1 is 1.13 bits per heavy atom. The molecule has 166 valence electrons. The van der Waals surface area contributed by atoms with Crippen LogP contribution in [0, 0.1) is 11.3 Å². The van der Waals surface area contributed by atoms with E-state index < -0.39 is 17.1 Å². The molecule has 1 aromatic heterocycles. The lowest BCUT2D eigenvalue weighted by molar-refractivity contribution is -0.155. The Morgan fingerprint density at radius 2 is 1.74 bits per heavy atom. The van der Waals surface area contributed by atoms with E-state index >= 15 is 0 Å². The van der Waals surface area contributed by atoms with Crippen molar-refractivity contribution in [1.82, 2.24) is 15.2 Å². The number of aliphatic hydroxyl groups is 1. The van der Waals surface area contributed by atoms with E-state index in [9.17, 15) is 14.7 Å². The van der Waals surface area contributed by atoms with Gasteiger partial charge in [-0.05, 0) is 42.2 Å². The van der Waals surface area contributed by atoms with Crippen LogP contribution in [0.4, 0.5) is 0 Å². The summed E-state index contributed by atoms with van der Waals surface area (Å²) in [7, 11) is 0. The Bertz CT molecular complexity index is 931. The summed E-state index contributed by atoms with van der Waals surface area (Å²) in [4.78, 5) is 31.7. The molecule has 3 rings (SSSR count). The Morgan fingerprint density at radius 3 is 2.29 bits per heavy atom. The van der Waals surface area contributed by atoms with Crippen LogP contribution >= 0.6 is 11.6 Å². The van der Waals surface area contributed by atoms with Crippen LogP contribution in [-0.4, -0.2) is 45.9 Å². The fourth-order valence-corrected chi connectivity index (χ4v) is 4.34. The Kier molecular flexibility index (Phi) is 6.72. The zero-order valence-corrected chi connectivity index (χ0v) is 19.2. The van der Waals surface area contributed by atoms with Gasteiger partial charge in [0.15, 0.2) is 0 Å². The number of amides is 2. The molecule has 31 heavy (non-hydrogen) atoms. The predicted molar refractivity (Wildman–Crippen MR) is 121 cm³/mol. The Balaban J connectivity index is 1.77. The minimum Gasteiger partial charge on any atom is -0.384 e. The second-order valence-corrected chi connectivity index (χ2v) is 9.63. The molecule has 2 N–H and O–H groups in total. The van der Waals surface area contributed by atoms with Crippen LogP contribution in [0.15, 0.2) is 48.8 Å². The van der Waals surface area contributed by atoms with Crippen LogP contribution in [0.25, 0.3) is 0 Å². The number of likely N-dealkylation sites (tertiary alicyclic amines) is 1. The average Bonchev–Trinajstić information content (AvgIpc) is 2.74. The highest BCUT2D eigenvalue weighted by atomic mass is 35.5. The van der Waals surface area contributed by atoms with Gasteiger partial charge in [0.2, 0.25) is 5.91 Å². The standard InChI is InChI=1S/C24H30ClN3O3/c1-16(2)20(27-21(29)17-9-12-26-13-10-17)22(30)28-14-11-24(31,23(3,4)15-28)18-5-7-19(25)8-6-18/h5-10,12-13,16,20,31H,11,14-15H2,1-4H3,(H,27,29)/t20-,24+/m1/s1. The summed E-state index contributed by atoms with van der Waals surface area (Å²) >= 11 is 6.01. The molecule has 0 saturated carbocycles. The topological polar surface area (TPSA) is 82.5 Å². The molecular weight excluding hydrogens is 414 g/mol. The predicted octanol–water partition coefficient (Wildman–Crippen LogP) is 3.64. The second kappa shape index (κ2) is 8.97. The summed E-state index contributed by atoms with van der Waals surface area (Å²) in [5, 5.41) is 15.0. The van der Waals surface area contributed by atoms with E-state index in [0.717, 1.165) is 5.56 Å². The lowest BCUT2D eigenvalue weighted by atomic mass is 9.66. The summed E-state index contributed by atoms with van der Waals surface area (Å²) in [5.41, 5.74) is -0.419. The molecular formula is C24H30ClN3O3. The third kappa shape index (κ3) is 4.75. The van der Waals surface area contributed by atoms with Crippen molar-refractivity contribution in [2.24, 2.45) is 11.3 Å². The fraction of sp³-hybridized carbons (Fsp3) is 0.458. The van der Waals surface area contributed by atoms with Gasteiger partial charge in [-0.15, -0.1) is 0 Å². The summed E-state index contributed by atoms with van der Waals surface area (Å²) in [6.07, 6.45) is 3.49. The number of aromatic nitrogens is 1. The van der Waals surface area contributed by atoms with Crippen LogP contribution in [0.5, 0.6) is 0 Å². The van der Waals surface area contributed by atoms with Crippen LogP contribution in [0.3, 0.4) is 0 Å². The minimum absolute atomic E-state index is 0.0847. The van der Waals surface area contributed by atoms with Gasteiger partial charge in [-0.2, -0.15) is 0 Å². The van der Waals surface area contributed by atoms with Crippen molar-refractivity contribution in [3.8, 4) is 0 Å². The monoisotopic (exact) mass is 443 g/mol. The number of rotatable bonds is 5. The van der Waals surface area contributed by atoms with Crippen molar-refractivity contribution in [3.63, 3.8) is 0 Å². The van der Waals surface area contributed by atoms with Gasteiger partial charge in [-0.25, -0.2) is 0 Å². The third-order valence-corrected chi connectivity index (χ3v) is 6.50. The van der Waals surface area contributed by atoms with Crippen LogP contribution in [-0.2, 0) is 10.4 Å². The van der Waals surface area contributed by atoms with Crippen molar-refractivity contribution < 1.29 is 14.7 Å². The van der Waals surface area contributed by atoms with E-state index in [2.05, 4.69) is 10.3 Å². The van der Waals surface area contributed by atoms with Crippen LogP contribution in [0.2, 0.25) is 5.02 Å². The average molecular weight is 444 g/mol. The lowest BCUT2D eigenvalue weighted by Gasteiger charge is -2.51. The third-order valence-electron chi connectivity index (χ3n) is 6.24. The van der Waals surface area contributed by atoms with Crippen molar-refractivity contribution in [2.75, 3.05) is 13.1 Å². The van der Waals surface area contributed by atoms with Gasteiger partial charge in [0.25, 0.3) is 5.91 Å². The molecule has 1 saturated heterocycles. The smallest absolute Gasteiger partial charge is 0.252 e. The number of carbonyl (C=O) groups excluding carboxylic acids is 2. The van der Waals surface area contributed by atoms with Gasteiger partial charge in [-0.1, -0.05) is 51.4 Å². The molecule has 7 heteroatoms. The molecule has 6 nitrogen and oxygen atoms in total. The number of nitrogens with zero attached hydrogens (tertiary/aromatic N) is 2. The largest absolute Gasteiger partial charge is 0.384 e. The lowest BCUT2D eigenvalue weighted by Crippen LogP contribution is -2.60. The summed E-state index contributed by atoms with van der Waals surface area (Å²) in [5.74, 6) is -0.523. The van der Waals surface area contributed by atoms with E-state index in [-0.39, 0.29) is 17.7 Å². The number of benzene rings is 1. The van der Waals surface area contributed by atoms with Gasteiger partial charge in [0.05, 0.1) is 5.60 Å². The first-order chi connectivity index (χ1) is 14.5. The maximum atomic E-state index is 13.4. The van der Waals surface area contributed by atoms with E-state index in [4.69, 9.17) is 11.6 Å². The molecule has 2 heterocycles.